The van der Waals surface area contributed by atoms with Crippen molar-refractivity contribution in [2.75, 3.05) is 69.4 Å². The fraction of sp³-hybridized carbons (Fsp3) is 0.500. The molecule has 2 aliphatic heterocycles. The van der Waals surface area contributed by atoms with Crippen molar-refractivity contribution < 1.29 is 14.3 Å². The second-order valence-corrected chi connectivity index (χ2v) is 12.5. The molecule has 2 fully saturated rings. The summed E-state index contributed by atoms with van der Waals surface area (Å²) in [6.07, 6.45) is 6.08. The van der Waals surface area contributed by atoms with Crippen LogP contribution in [0.1, 0.15) is 42.5 Å². The molecule has 46 heavy (non-hydrogen) atoms. The van der Waals surface area contributed by atoms with Crippen LogP contribution >= 0.6 is 0 Å². The summed E-state index contributed by atoms with van der Waals surface area (Å²) in [5, 5.41) is 12.1. The number of methoxy groups -OCH3 is 1. The van der Waals surface area contributed by atoms with Crippen molar-refractivity contribution in [2.24, 2.45) is 0 Å². The molecule has 0 radical (unpaired) electrons. The monoisotopic (exact) mass is 623 g/mol. The Labute approximate surface area is 272 Å². The van der Waals surface area contributed by atoms with Crippen LogP contribution in [0.25, 0.3) is 10.8 Å². The molecule has 1 aromatic heterocycles. The summed E-state index contributed by atoms with van der Waals surface area (Å²) in [7, 11) is 1.75. The van der Waals surface area contributed by atoms with E-state index in [1.165, 1.54) is 47.4 Å². The van der Waals surface area contributed by atoms with E-state index < -0.39 is 0 Å². The second kappa shape index (κ2) is 14.5. The van der Waals surface area contributed by atoms with Crippen LogP contribution in [0, 0.1) is 18.3 Å². The molecule has 1 saturated carbocycles. The molecule has 242 valence electrons. The number of hydrogen-bond donors (Lipinski definition) is 0. The van der Waals surface area contributed by atoms with Crippen LogP contribution in [0.2, 0.25) is 0 Å². The lowest BCUT2D eigenvalue weighted by atomic mass is 9.91. The van der Waals surface area contributed by atoms with E-state index >= 15 is 0 Å². The van der Waals surface area contributed by atoms with E-state index in [1.807, 2.05) is 0 Å². The predicted molar refractivity (Wildman–Crippen MR) is 180 cm³/mol. The number of aromatic nitrogens is 2. The minimum absolute atomic E-state index is 0.140. The Bertz CT molecular complexity index is 1600. The molecule has 3 heterocycles. The fourth-order valence-electron chi connectivity index (χ4n) is 7.12. The molecule has 10 heteroatoms. The van der Waals surface area contributed by atoms with Crippen molar-refractivity contribution in [1.29, 1.82) is 5.26 Å². The zero-order valence-electron chi connectivity index (χ0n) is 27.2. The SMILES string of the molecule is C=CC(=O)N1CCN(c2nc(OCCN(CCOC)C3CCC3)nc3c2CCN(c2cccc4cccc(C)c24)C3)C[C@@H]1CC#N. The van der Waals surface area contributed by atoms with Crippen molar-refractivity contribution >= 4 is 28.2 Å². The Morgan fingerprint density at radius 2 is 1.91 bits per heavy atom. The molecular weight excluding hydrogens is 578 g/mol. The number of rotatable bonds is 12. The lowest BCUT2D eigenvalue weighted by Crippen LogP contribution is -2.55. The van der Waals surface area contributed by atoms with Gasteiger partial charge in [0.1, 0.15) is 12.4 Å². The van der Waals surface area contributed by atoms with E-state index in [2.05, 4.69) is 70.7 Å². The number of fused-ring (bicyclic) bond motifs is 2. The summed E-state index contributed by atoms with van der Waals surface area (Å²) in [4.78, 5) is 31.5. The maximum Gasteiger partial charge on any atom is 0.318 e. The van der Waals surface area contributed by atoms with Gasteiger partial charge in [-0.2, -0.15) is 15.2 Å². The minimum atomic E-state index is -0.241. The molecule has 1 saturated heterocycles. The van der Waals surface area contributed by atoms with E-state index in [1.54, 1.807) is 12.0 Å². The molecule has 0 N–H and O–H groups in total. The maximum atomic E-state index is 12.6. The number of ether oxygens (including phenoxy) is 2. The average Bonchev–Trinajstić information content (AvgIpc) is 3.05. The number of carbonyl (C=O) groups is 1. The third-order valence-corrected chi connectivity index (χ3v) is 9.80. The number of benzene rings is 2. The largest absolute Gasteiger partial charge is 0.462 e. The zero-order valence-corrected chi connectivity index (χ0v) is 27.2. The van der Waals surface area contributed by atoms with E-state index in [-0.39, 0.29) is 18.4 Å². The van der Waals surface area contributed by atoms with Crippen LogP contribution in [0.4, 0.5) is 11.5 Å². The Hall–Kier alpha value is -4.20. The van der Waals surface area contributed by atoms with Crippen molar-refractivity contribution in [1.82, 2.24) is 19.8 Å². The summed E-state index contributed by atoms with van der Waals surface area (Å²) < 4.78 is 11.7. The van der Waals surface area contributed by atoms with Gasteiger partial charge in [0, 0.05) is 69.1 Å². The molecule has 0 bridgehead atoms. The predicted octanol–water partition coefficient (Wildman–Crippen LogP) is 4.50. The van der Waals surface area contributed by atoms with Crippen LogP contribution in [0.3, 0.4) is 0 Å². The quantitative estimate of drug-likeness (QED) is 0.270. The highest BCUT2D eigenvalue weighted by molar-refractivity contribution is 5.97. The van der Waals surface area contributed by atoms with E-state index in [4.69, 9.17) is 19.4 Å². The first-order valence-corrected chi connectivity index (χ1v) is 16.5. The number of anilines is 2. The Morgan fingerprint density at radius 1 is 1.11 bits per heavy atom. The molecule has 3 aliphatic rings. The zero-order chi connectivity index (χ0) is 32.0. The molecule has 1 aliphatic carbocycles. The molecule has 2 aromatic carbocycles. The van der Waals surface area contributed by atoms with Crippen LogP contribution in [-0.2, 0) is 22.5 Å². The number of nitrogens with zero attached hydrogens (tertiary/aromatic N) is 7. The van der Waals surface area contributed by atoms with Gasteiger partial charge in [-0.15, -0.1) is 0 Å². The molecule has 0 unspecified atom stereocenters. The minimum Gasteiger partial charge on any atom is -0.462 e. The lowest BCUT2D eigenvalue weighted by molar-refractivity contribution is -0.128. The average molecular weight is 624 g/mol. The number of piperazine rings is 1. The number of carbonyl (C=O) groups excluding carboxylic acids is 1. The van der Waals surface area contributed by atoms with Crippen LogP contribution in [-0.4, -0.2) is 97.4 Å². The maximum absolute atomic E-state index is 12.6. The summed E-state index contributed by atoms with van der Waals surface area (Å²) in [6.45, 7) is 11.8. The number of nitriles is 1. The summed E-state index contributed by atoms with van der Waals surface area (Å²) in [6, 6.07) is 16.0. The Kier molecular flexibility index (Phi) is 10.0. The standard InChI is InChI=1S/C36H45N7O3/c1-4-33(44)43-19-18-42(24-29(43)14-16-37)35-30-15-17-41(32-13-6-10-27-9-5-8-26(2)34(27)32)25-31(30)38-36(39-35)46-23-21-40(20-22-45-3)28-11-7-12-28/h4-6,8-10,13,28-29H,1,7,11-12,14-15,17-25H2,2-3H3/t29-/m0/s1. The van der Waals surface area contributed by atoms with Gasteiger partial charge in [-0.25, -0.2) is 0 Å². The first-order chi connectivity index (χ1) is 22.5. The van der Waals surface area contributed by atoms with Crippen LogP contribution < -0.4 is 14.5 Å². The first kappa shape index (κ1) is 31.8. The fourth-order valence-corrected chi connectivity index (χ4v) is 7.12. The van der Waals surface area contributed by atoms with Gasteiger partial charge < -0.3 is 24.2 Å². The second-order valence-electron chi connectivity index (χ2n) is 12.5. The molecule has 3 aromatic rings. The lowest BCUT2D eigenvalue weighted by Gasteiger charge is -2.42. The Balaban J connectivity index is 1.29. The van der Waals surface area contributed by atoms with E-state index in [9.17, 15) is 10.1 Å². The third-order valence-electron chi connectivity index (χ3n) is 9.80. The van der Waals surface area contributed by atoms with E-state index in [0.29, 0.717) is 51.4 Å². The molecule has 0 spiro atoms. The number of hydrogen-bond acceptors (Lipinski definition) is 9. The summed E-state index contributed by atoms with van der Waals surface area (Å²) in [5.41, 5.74) is 4.56. The third kappa shape index (κ3) is 6.67. The molecule has 6 rings (SSSR count). The van der Waals surface area contributed by atoms with Crippen molar-refractivity contribution in [3.63, 3.8) is 0 Å². The topological polar surface area (TPSA) is 98.1 Å². The Morgan fingerprint density at radius 3 is 2.65 bits per heavy atom. The highest BCUT2D eigenvalue weighted by Crippen LogP contribution is 2.36. The van der Waals surface area contributed by atoms with Gasteiger partial charge >= 0.3 is 6.01 Å². The van der Waals surface area contributed by atoms with Gasteiger partial charge in [0.05, 0.1) is 37.4 Å². The normalized spacial score (nSPS) is 18.3. The van der Waals surface area contributed by atoms with Gasteiger partial charge in [-0.05, 0) is 49.3 Å². The van der Waals surface area contributed by atoms with Gasteiger partial charge in [0.15, 0.2) is 0 Å². The number of amides is 1. The summed E-state index contributed by atoms with van der Waals surface area (Å²) >= 11 is 0. The van der Waals surface area contributed by atoms with Crippen molar-refractivity contribution in [2.45, 2.75) is 57.7 Å². The highest BCUT2D eigenvalue weighted by atomic mass is 16.5. The van der Waals surface area contributed by atoms with Crippen LogP contribution in [0.5, 0.6) is 6.01 Å². The molecule has 1 atom stereocenters. The van der Waals surface area contributed by atoms with Crippen molar-refractivity contribution in [3.8, 4) is 12.1 Å². The molecule has 1 amide bonds. The van der Waals surface area contributed by atoms with Gasteiger partial charge in [-0.3, -0.25) is 9.69 Å². The molecule has 10 nitrogen and oxygen atoms in total. The first-order valence-electron chi connectivity index (χ1n) is 16.5. The number of aryl methyl sites for hydroxylation is 1. The van der Waals surface area contributed by atoms with Gasteiger partial charge in [0.25, 0.3) is 0 Å². The smallest absolute Gasteiger partial charge is 0.318 e. The van der Waals surface area contributed by atoms with Crippen molar-refractivity contribution in [3.05, 3.63) is 65.9 Å². The van der Waals surface area contributed by atoms with Crippen LogP contribution in [0.15, 0.2) is 49.1 Å². The van der Waals surface area contributed by atoms with Gasteiger partial charge in [0.2, 0.25) is 5.91 Å². The summed E-state index contributed by atoms with van der Waals surface area (Å²) in [5.74, 6) is 0.719. The van der Waals surface area contributed by atoms with E-state index in [0.717, 1.165) is 43.1 Å². The highest BCUT2D eigenvalue weighted by Gasteiger charge is 2.33. The van der Waals surface area contributed by atoms with Gasteiger partial charge in [-0.1, -0.05) is 43.3 Å². The molecular formula is C36H45N7O3.